The van der Waals surface area contributed by atoms with Gasteiger partial charge in [0.2, 0.25) is 0 Å². The molecule has 0 fully saturated rings. The molecule has 4 nitrogen and oxygen atoms in total. The summed E-state index contributed by atoms with van der Waals surface area (Å²) in [6, 6.07) is 3.13. The smallest absolute Gasteiger partial charge is 0.339 e. The monoisotopic (exact) mass is 340 g/mol. The van der Waals surface area contributed by atoms with Crippen molar-refractivity contribution < 1.29 is 19.1 Å². The summed E-state index contributed by atoms with van der Waals surface area (Å²) in [6.45, 7) is 8.47. The molecule has 0 atom stereocenters. The van der Waals surface area contributed by atoms with Crippen molar-refractivity contribution in [3.63, 3.8) is 0 Å². The normalized spacial score (nSPS) is 10.7. The van der Waals surface area contributed by atoms with Crippen LogP contribution in [0.25, 0.3) is 0 Å². The SMILES string of the molecule is CCCCOC(=O)c1cc(Cl)c(CC)cc1C(=O)OCC(C)C. The lowest BCUT2D eigenvalue weighted by atomic mass is 10.0. The maximum Gasteiger partial charge on any atom is 0.339 e. The van der Waals surface area contributed by atoms with Gasteiger partial charge in [-0.25, -0.2) is 9.59 Å². The maximum absolute atomic E-state index is 12.3. The molecule has 23 heavy (non-hydrogen) atoms. The number of hydrogen-bond donors (Lipinski definition) is 0. The Bertz CT molecular complexity index is 552. The van der Waals surface area contributed by atoms with Crippen molar-refractivity contribution in [2.75, 3.05) is 13.2 Å². The lowest BCUT2D eigenvalue weighted by Crippen LogP contribution is -2.17. The number of aryl methyl sites for hydroxylation is 1. The maximum atomic E-state index is 12.3. The molecule has 0 unspecified atom stereocenters. The zero-order valence-electron chi connectivity index (χ0n) is 14.3. The summed E-state index contributed by atoms with van der Waals surface area (Å²) in [5.41, 5.74) is 1.18. The van der Waals surface area contributed by atoms with Gasteiger partial charge in [-0.3, -0.25) is 0 Å². The van der Waals surface area contributed by atoms with Gasteiger partial charge in [-0.1, -0.05) is 45.7 Å². The highest BCUT2D eigenvalue weighted by atomic mass is 35.5. The number of halogens is 1. The van der Waals surface area contributed by atoms with E-state index in [4.69, 9.17) is 21.1 Å². The summed E-state index contributed by atoms with van der Waals surface area (Å²) >= 11 is 6.18. The Morgan fingerprint density at radius 3 is 2.26 bits per heavy atom. The molecule has 0 aliphatic heterocycles. The Kier molecular flexibility index (Phi) is 8.10. The summed E-state index contributed by atoms with van der Waals surface area (Å²) in [4.78, 5) is 24.6. The number of carbonyl (C=O) groups is 2. The van der Waals surface area contributed by atoms with Gasteiger partial charge in [0, 0.05) is 5.02 Å². The zero-order valence-corrected chi connectivity index (χ0v) is 15.0. The van der Waals surface area contributed by atoms with Gasteiger partial charge < -0.3 is 9.47 Å². The van der Waals surface area contributed by atoms with E-state index in [9.17, 15) is 9.59 Å². The molecule has 0 N–H and O–H groups in total. The lowest BCUT2D eigenvalue weighted by Gasteiger charge is -2.13. The number of hydrogen-bond acceptors (Lipinski definition) is 4. The number of rotatable bonds is 8. The third-order valence-corrected chi connectivity index (χ3v) is 3.64. The minimum absolute atomic E-state index is 0.164. The van der Waals surface area contributed by atoms with Crippen LogP contribution < -0.4 is 0 Å². The fourth-order valence-corrected chi connectivity index (χ4v) is 2.23. The summed E-state index contributed by atoms with van der Waals surface area (Å²) in [5, 5.41) is 0.454. The Hall–Kier alpha value is -1.55. The molecule has 0 aromatic heterocycles. The van der Waals surface area contributed by atoms with E-state index >= 15 is 0 Å². The minimum atomic E-state index is -0.542. The minimum Gasteiger partial charge on any atom is -0.462 e. The largest absolute Gasteiger partial charge is 0.462 e. The summed E-state index contributed by atoms with van der Waals surface area (Å²) in [6.07, 6.45) is 2.36. The second-order valence-electron chi connectivity index (χ2n) is 5.82. The molecule has 1 aromatic rings. The van der Waals surface area contributed by atoms with E-state index in [1.807, 2.05) is 27.7 Å². The van der Waals surface area contributed by atoms with Crippen LogP contribution in [0.15, 0.2) is 12.1 Å². The topological polar surface area (TPSA) is 52.6 Å². The van der Waals surface area contributed by atoms with Crippen LogP contribution in [0.1, 0.15) is 66.8 Å². The first-order chi connectivity index (χ1) is 10.9. The van der Waals surface area contributed by atoms with Crippen molar-refractivity contribution in [1.29, 1.82) is 0 Å². The number of ether oxygens (including phenoxy) is 2. The average molecular weight is 341 g/mol. The van der Waals surface area contributed by atoms with Crippen LogP contribution in [0.2, 0.25) is 5.02 Å². The van der Waals surface area contributed by atoms with Gasteiger partial charge in [0.25, 0.3) is 0 Å². The molecule has 0 spiro atoms. The summed E-state index contributed by atoms with van der Waals surface area (Å²) < 4.78 is 10.5. The van der Waals surface area contributed by atoms with Gasteiger partial charge >= 0.3 is 11.9 Å². The predicted molar refractivity (Wildman–Crippen MR) is 91.1 cm³/mol. The number of unbranched alkanes of at least 4 members (excludes halogenated alkanes) is 1. The van der Waals surface area contributed by atoms with Crippen molar-refractivity contribution in [2.45, 2.75) is 47.0 Å². The van der Waals surface area contributed by atoms with Crippen LogP contribution >= 0.6 is 11.6 Å². The highest BCUT2D eigenvalue weighted by molar-refractivity contribution is 6.32. The van der Waals surface area contributed by atoms with Crippen LogP contribution in [0, 0.1) is 5.92 Å². The lowest BCUT2D eigenvalue weighted by molar-refractivity contribution is 0.0428. The van der Waals surface area contributed by atoms with Crippen molar-refractivity contribution in [1.82, 2.24) is 0 Å². The highest BCUT2D eigenvalue weighted by Crippen LogP contribution is 2.24. The van der Waals surface area contributed by atoms with Crippen molar-refractivity contribution in [3.8, 4) is 0 Å². The van der Waals surface area contributed by atoms with Gasteiger partial charge in [0.1, 0.15) is 0 Å². The molecular weight excluding hydrogens is 316 g/mol. The zero-order chi connectivity index (χ0) is 17.4. The van der Waals surface area contributed by atoms with Gasteiger partial charge in [0.05, 0.1) is 24.3 Å². The Labute approximate surface area is 143 Å². The first-order valence-electron chi connectivity index (χ1n) is 8.07. The Balaban J connectivity index is 3.08. The Morgan fingerprint density at radius 2 is 1.70 bits per heavy atom. The van der Waals surface area contributed by atoms with Gasteiger partial charge in [-0.05, 0) is 36.5 Å². The first kappa shape index (κ1) is 19.5. The van der Waals surface area contributed by atoms with Crippen molar-refractivity contribution in [2.24, 2.45) is 5.92 Å². The average Bonchev–Trinajstić information content (AvgIpc) is 2.52. The molecule has 0 saturated carbocycles. The molecule has 0 saturated heterocycles. The number of carbonyl (C=O) groups excluding carboxylic acids is 2. The van der Waals surface area contributed by atoms with Crippen LogP contribution in [0.4, 0.5) is 0 Å². The molecule has 0 bridgehead atoms. The molecule has 0 amide bonds. The van der Waals surface area contributed by atoms with Crippen LogP contribution in [0.5, 0.6) is 0 Å². The van der Waals surface area contributed by atoms with E-state index in [1.54, 1.807) is 6.07 Å². The van der Waals surface area contributed by atoms with E-state index in [0.29, 0.717) is 24.7 Å². The second-order valence-corrected chi connectivity index (χ2v) is 6.23. The standard InChI is InChI=1S/C18H25ClO4/c1-5-7-8-22-17(20)15-10-16(19)13(6-2)9-14(15)18(21)23-11-12(3)4/h9-10,12H,5-8,11H2,1-4H3. The molecule has 1 rings (SSSR count). The molecular formula is C18H25ClO4. The van der Waals surface area contributed by atoms with Gasteiger partial charge in [0.15, 0.2) is 0 Å². The van der Waals surface area contributed by atoms with E-state index in [0.717, 1.165) is 18.4 Å². The quantitative estimate of drug-likeness (QED) is 0.509. The second kappa shape index (κ2) is 9.56. The van der Waals surface area contributed by atoms with Crippen LogP contribution in [0.3, 0.4) is 0 Å². The molecule has 1 aromatic carbocycles. The molecule has 0 aliphatic carbocycles. The van der Waals surface area contributed by atoms with Crippen LogP contribution in [-0.4, -0.2) is 25.2 Å². The third-order valence-electron chi connectivity index (χ3n) is 3.29. The summed E-state index contributed by atoms with van der Waals surface area (Å²) in [7, 11) is 0. The van der Waals surface area contributed by atoms with Gasteiger partial charge in [-0.15, -0.1) is 0 Å². The van der Waals surface area contributed by atoms with Crippen molar-refractivity contribution >= 4 is 23.5 Å². The number of esters is 2. The third kappa shape index (κ3) is 5.87. The molecule has 0 radical (unpaired) electrons. The molecule has 0 heterocycles. The van der Waals surface area contributed by atoms with E-state index in [2.05, 4.69) is 0 Å². The van der Waals surface area contributed by atoms with E-state index in [1.165, 1.54) is 6.07 Å². The van der Waals surface area contributed by atoms with Gasteiger partial charge in [-0.2, -0.15) is 0 Å². The van der Waals surface area contributed by atoms with E-state index < -0.39 is 11.9 Å². The van der Waals surface area contributed by atoms with Crippen molar-refractivity contribution in [3.05, 3.63) is 33.8 Å². The summed E-state index contributed by atoms with van der Waals surface area (Å²) in [5.74, 6) is -0.844. The Morgan fingerprint density at radius 1 is 1.09 bits per heavy atom. The molecule has 0 aliphatic rings. The fourth-order valence-electron chi connectivity index (χ4n) is 1.93. The highest BCUT2D eigenvalue weighted by Gasteiger charge is 2.22. The fraction of sp³-hybridized carbons (Fsp3) is 0.556. The van der Waals surface area contributed by atoms with Crippen LogP contribution in [-0.2, 0) is 15.9 Å². The predicted octanol–water partition coefficient (Wildman–Crippen LogP) is 4.67. The first-order valence-corrected chi connectivity index (χ1v) is 8.45. The molecule has 5 heteroatoms. The number of benzene rings is 1. The van der Waals surface area contributed by atoms with E-state index in [-0.39, 0.29) is 17.0 Å². The molecule has 128 valence electrons.